The van der Waals surface area contributed by atoms with Gasteiger partial charge in [-0.05, 0) is 19.8 Å². The molecule has 1 atom stereocenters. The van der Waals surface area contributed by atoms with Crippen LogP contribution in [0.25, 0.3) is 0 Å². The normalized spacial score (nSPS) is 16.5. The zero-order chi connectivity index (χ0) is 12.4. The van der Waals surface area contributed by atoms with Crippen molar-refractivity contribution in [2.24, 2.45) is 0 Å². The van der Waals surface area contributed by atoms with Gasteiger partial charge in [0, 0.05) is 12.6 Å². The number of rotatable bonds is 6. The van der Waals surface area contributed by atoms with E-state index in [0.717, 1.165) is 12.8 Å². The summed E-state index contributed by atoms with van der Waals surface area (Å²) in [6.07, 6.45) is 5.48. The van der Waals surface area contributed by atoms with E-state index in [0.29, 0.717) is 18.6 Å². The highest BCUT2D eigenvalue weighted by Crippen LogP contribution is 2.33. The van der Waals surface area contributed by atoms with Crippen molar-refractivity contribution in [3.05, 3.63) is 18.2 Å². The summed E-state index contributed by atoms with van der Waals surface area (Å²) >= 11 is 0. The second-order valence-electron chi connectivity index (χ2n) is 4.13. The fourth-order valence-corrected chi connectivity index (χ4v) is 1.96. The third-order valence-corrected chi connectivity index (χ3v) is 2.99. The highest BCUT2D eigenvalue weighted by atomic mass is 16.4. The average molecular weight is 237 g/mol. The van der Waals surface area contributed by atoms with Gasteiger partial charge < -0.3 is 14.6 Å². The zero-order valence-corrected chi connectivity index (χ0v) is 9.61. The Labute approximate surface area is 98.9 Å². The van der Waals surface area contributed by atoms with E-state index in [1.54, 1.807) is 10.9 Å². The number of amides is 1. The monoisotopic (exact) mass is 237 g/mol. The van der Waals surface area contributed by atoms with E-state index >= 15 is 0 Å². The standard InChI is InChI=1S/C11H15N3O3/c1-2-13-6-12-5-9(13)10(11(16)17)14(7-15)8-3-4-8/h5-8,10H,2-4H2,1H3,(H,16,17). The number of imidazole rings is 1. The molecule has 0 aliphatic heterocycles. The minimum atomic E-state index is -1.01. The number of aryl methyl sites for hydroxylation is 1. The lowest BCUT2D eigenvalue weighted by Crippen LogP contribution is -2.36. The second kappa shape index (κ2) is 4.57. The molecule has 1 heterocycles. The Hall–Kier alpha value is -1.85. The predicted molar refractivity (Wildman–Crippen MR) is 59.2 cm³/mol. The van der Waals surface area contributed by atoms with Crippen LogP contribution in [-0.4, -0.2) is 38.0 Å². The third-order valence-electron chi connectivity index (χ3n) is 2.99. The summed E-state index contributed by atoms with van der Waals surface area (Å²) < 4.78 is 1.75. The summed E-state index contributed by atoms with van der Waals surface area (Å²) in [6.45, 7) is 2.54. The maximum absolute atomic E-state index is 11.4. The van der Waals surface area contributed by atoms with E-state index in [-0.39, 0.29) is 6.04 Å². The smallest absolute Gasteiger partial charge is 0.332 e. The van der Waals surface area contributed by atoms with Gasteiger partial charge in [-0.3, -0.25) is 4.79 Å². The first-order valence-electron chi connectivity index (χ1n) is 5.64. The number of hydrogen-bond donors (Lipinski definition) is 1. The molecule has 1 N–H and O–H groups in total. The lowest BCUT2D eigenvalue weighted by Gasteiger charge is -2.25. The number of hydrogen-bond acceptors (Lipinski definition) is 3. The number of carbonyl (C=O) groups excluding carboxylic acids is 1. The van der Waals surface area contributed by atoms with E-state index in [1.165, 1.54) is 11.1 Å². The average Bonchev–Trinajstić information content (AvgIpc) is 3.03. The molecule has 6 nitrogen and oxygen atoms in total. The fourth-order valence-electron chi connectivity index (χ4n) is 1.96. The Morgan fingerprint density at radius 2 is 2.47 bits per heavy atom. The summed E-state index contributed by atoms with van der Waals surface area (Å²) in [5.74, 6) is -1.01. The number of aromatic nitrogens is 2. The van der Waals surface area contributed by atoms with Gasteiger partial charge in [-0.25, -0.2) is 9.78 Å². The van der Waals surface area contributed by atoms with Gasteiger partial charge >= 0.3 is 5.97 Å². The molecule has 0 bridgehead atoms. The fraction of sp³-hybridized carbons (Fsp3) is 0.545. The van der Waals surface area contributed by atoms with Gasteiger partial charge in [-0.15, -0.1) is 0 Å². The van der Waals surface area contributed by atoms with Crippen LogP contribution in [0.3, 0.4) is 0 Å². The lowest BCUT2D eigenvalue weighted by molar-refractivity contribution is -0.147. The van der Waals surface area contributed by atoms with Crippen molar-refractivity contribution in [3.63, 3.8) is 0 Å². The van der Waals surface area contributed by atoms with Crippen molar-refractivity contribution in [2.75, 3.05) is 0 Å². The number of carbonyl (C=O) groups is 2. The molecule has 0 spiro atoms. The van der Waals surface area contributed by atoms with Crippen LogP contribution in [0.2, 0.25) is 0 Å². The van der Waals surface area contributed by atoms with Crippen LogP contribution in [-0.2, 0) is 16.1 Å². The number of carboxylic acid groups (broad SMARTS) is 1. The first-order chi connectivity index (χ1) is 8.19. The van der Waals surface area contributed by atoms with E-state index in [1.807, 2.05) is 6.92 Å². The Balaban J connectivity index is 2.33. The van der Waals surface area contributed by atoms with Crippen LogP contribution in [0.5, 0.6) is 0 Å². The van der Waals surface area contributed by atoms with Crippen molar-refractivity contribution < 1.29 is 14.7 Å². The third kappa shape index (κ3) is 2.15. The maximum atomic E-state index is 11.4. The molecule has 2 rings (SSSR count). The molecule has 1 unspecified atom stereocenters. The lowest BCUT2D eigenvalue weighted by atomic mass is 10.2. The van der Waals surface area contributed by atoms with Crippen molar-refractivity contribution in [3.8, 4) is 0 Å². The van der Waals surface area contributed by atoms with Crippen LogP contribution in [0.15, 0.2) is 12.5 Å². The predicted octanol–water partition coefficient (Wildman–Crippen LogP) is 0.649. The van der Waals surface area contributed by atoms with Crippen molar-refractivity contribution in [1.82, 2.24) is 14.5 Å². The number of nitrogens with zero attached hydrogens (tertiary/aromatic N) is 3. The highest BCUT2D eigenvalue weighted by molar-refractivity contribution is 5.77. The molecule has 1 amide bonds. The molecule has 0 aromatic carbocycles. The summed E-state index contributed by atoms with van der Waals surface area (Å²) in [5.41, 5.74) is 0.555. The number of carboxylic acids is 1. The van der Waals surface area contributed by atoms with Gasteiger partial charge in [0.25, 0.3) is 0 Å². The summed E-state index contributed by atoms with van der Waals surface area (Å²) in [7, 11) is 0. The van der Waals surface area contributed by atoms with Crippen LogP contribution in [0.4, 0.5) is 0 Å². The van der Waals surface area contributed by atoms with Crippen molar-refractivity contribution >= 4 is 12.4 Å². The summed E-state index contributed by atoms with van der Waals surface area (Å²) in [5, 5.41) is 9.30. The molecule has 0 radical (unpaired) electrons. The molecular weight excluding hydrogens is 222 g/mol. The molecule has 92 valence electrons. The Bertz CT molecular complexity index is 425. The Morgan fingerprint density at radius 3 is 2.94 bits per heavy atom. The topological polar surface area (TPSA) is 75.4 Å². The van der Waals surface area contributed by atoms with Crippen LogP contribution in [0.1, 0.15) is 31.5 Å². The maximum Gasteiger partial charge on any atom is 0.332 e. The molecule has 1 aliphatic carbocycles. The van der Waals surface area contributed by atoms with Crippen molar-refractivity contribution in [2.45, 2.75) is 38.4 Å². The van der Waals surface area contributed by atoms with Gasteiger partial charge in [0.1, 0.15) is 0 Å². The zero-order valence-electron chi connectivity index (χ0n) is 9.61. The van der Waals surface area contributed by atoms with Crippen LogP contribution in [0, 0.1) is 0 Å². The largest absolute Gasteiger partial charge is 0.479 e. The van der Waals surface area contributed by atoms with Gasteiger partial charge in [0.2, 0.25) is 6.41 Å². The minimum absolute atomic E-state index is 0.0637. The first-order valence-corrected chi connectivity index (χ1v) is 5.64. The van der Waals surface area contributed by atoms with E-state index in [4.69, 9.17) is 0 Å². The Kier molecular flexibility index (Phi) is 3.12. The molecule has 1 fully saturated rings. The van der Waals surface area contributed by atoms with Gasteiger partial charge in [-0.2, -0.15) is 0 Å². The summed E-state index contributed by atoms with van der Waals surface area (Å²) in [4.78, 5) is 27.7. The van der Waals surface area contributed by atoms with E-state index in [2.05, 4.69) is 4.98 Å². The molecule has 6 heteroatoms. The van der Waals surface area contributed by atoms with Crippen molar-refractivity contribution in [1.29, 1.82) is 0 Å². The molecule has 1 aromatic rings. The molecule has 17 heavy (non-hydrogen) atoms. The van der Waals surface area contributed by atoms with E-state index in [9.17, 15) is 14.7 Å². The summed E-state index contributed by atoms with van der Waals surface area (Å²) in [6, 6.07) is -0.865. The molecule has 1 aromatic heterocycles. The van der Waals surface area contributed by atoms with E-state index < -0.39 is 12.0 Å². The highest BCUT2D eigenvalue weighted by Gasteiger charge is 2.38. The quantitative estimate of drug-likeness (QED) is 0.737. The van der Waals surface area contributed by atoms with Gasteiger partial charge in [0.05, 0.1) is 18.2 Å². The Morgan fingerprint density at radius 1 is 1.76 bits per heavy atom. The van der Waals surface area contributed by atoms with Gasteiger partial charge in [0.15, 0.2) is 6.04 Å². The van der Waals surface area contributed by atoms with Gasteiger partial charge in [-0.1, -0.05) is 0 Å². The van der Waals surface area contributed by atoms with Crippen LogP contribution < -0.4 is 0 Å². The minimum Gasteiger partial charge on any atom is -0.479 e. The number of aliphatic carboxylic acids is 1. The second-order valence-corrected chi connectivity index (χ2v) is 4.13. The molecular formula is C11H15N3O3. The molecule has 1 saturated carbocycles. The van der Waals surface area contributed by atoms with Crippen LogP contribution >= 0.6 is 0 Å². The molecule has 0 saturated heterocycles. The SMILES string of the molecule is CCn1cncc1C(C(=O)O)N(C=O)C1CC1. The first kappa shape index (κ1) is 11.6. The molecule has 1 aliphatic rings.